The fourth-order valence-electron chi connectivity index (χ4n) is 3.41. The molecule has 1 fully saturated rings. The standard InChI is InChI=1S/C22H24FN5O2S/c1-2-27-11-13-28(14-12-27)17-9-7-16(8-10-17)24-20(29)15-31-22-26-25-21(30-22)18-5-3-4-6-19(18)23/h3-10H,2,11-15H2,1H3,(H,24,29). The largest absolute Gasteiger partial charge is 0.411 e. The molecule has 1 aliphatic rings. The predicted octanol–water partition coefficient (Wildman–Crippen LogP) is 3.75. The average molecular weight is 442 g/mol. The van der Waals surface area contributed by atoms with Crippen molar-refractivity contribution < 1.29 is 13.6 Å². The molecule has 1 aromatic heterocycles. The summed E-state index contributed by atoms with van der Waals surface area (Å²) in [5.41, 5.74) is 2.14. The van der Waals surface area contributed by atoms with Crippen LogP contribution in [0.1, 0.15) is 6.92 Å². The highest BCUT2D eigenvalue weighted by Gasteiger charge is 2.16. The molecule has 7 nitrogen and oxygen atoms in total. The second-order valence-corrected chi connectivity index (χ2v) is 8.08. The van der Waals surface area contributed by atoms with Crippen LogP contribution in [-0.2, 0) is 4.79 Å². The fourth-order valence-corrected chi connectivity index (χ4v) is 3.98. The van der Waals surface area contributed by atoms with Gasteiger partial charge in [0.1, 0.15) is 5.82 Å². The minimum Gasteiger partial charge on any atom is -0.411 e. The summed E-state index contributed by atoms with van der Waals surface area (Å²) in [6, 6.07) is 14.1. The molecular weight excluding hydrogens is 417 g/mol. The van der Waals surface area contributed by atoms with Crippen LogP contribution >= 0.6 is 11.8 Å². The summed E-state index contributed by atoms with van der Waals surface area (Å²) in [6.07, 6.45) is 0. The number of piperazine rings is 1. The van der Waals surface area contributed by atoms with Gasteiger partial charge in [-0.15, -0.1) is 10.2 Å². The van der Waals surface area contributed by atoms with E-state index < -0.39 is 5.82 Å². The van der Waals surface area contributed by atoms with Crippen LogP contribution in [0, 0.1) is 5.82 Å². The number of nitrogens with zero attached hydrogens (tertiary/aromatic N) is 4. The molecule has 2 aromatic carbocycles. The van der Waals surface area contributed by atoms with E-state index in [2.05, 4.69) is 32.2 Å². The van der Waals surface area contributed by atoms with E-state index in [0.717, 1.165) is 55.9 Å². The summed E-state index contributed by atoms with van der Waals surface area (Å²) in [5, 5.41) is 10.8. The lowest BCUT2D eigenvalue weighted by Gasteiger charge is -2.35. The Labute approximate surface area is 184 Å². The lowest BCUT2D eigenvalue weighted by atomic mass is 10.2. The van der Waals surface area contributed by atoms with Gasteiger partial charge in [-0.2, -0.15) is 0 Å². The zero-order chi connectivity index (χ0) is 21.6. The Morgan fingerprint density at radius 2 is 1.84 bits per heavy atom. The summed E-state index contributed by atoms with van der Waals surface area (Å²) in [4.78, 5) is 17.1. The van der Waals surface area contributed by atoms with Gasteiger partial charge in [0, 0.05) is 37.6 Å². The van der Waals surface area contributed by atoms with Gasteiger partial charge in [-0.25, -0.2) is 4.39 Å². The molecule has 4 rings (SSSR count). The molecule has 0 radical (unpaired) electrons. The quantitative estimate of drug-likeness (QED) is 0.560. The van der Waals surface area contributed by atoms with Crippen molar-refractivity contribution in [2.24, 2.45) is 0 Å². The molecule has 2 heterocycles. The number of halogens is 1. The predicted molar refractivity (Wildman–Crippen MR) is 120 cm³/mol. The van der Waals surface area contributed by atoms with Crippen molar-refractivity contribution >= 4 is 29.0 Å². The number of carbonyl (C=O) groups excluding carboxylic acids is 1. The van der Waals surface area contributed by atoms with Crippen molar-refractivity contribution in [3.05, 3.63) is 54.3 Å². The first-order valence-electron chi connectivity index (χ1n) is 10.2. The minimum absolute atomic E-state index is 0.0939. The van der Waals surface area contributed by atoms with Crippen molar-refractivity contribution in [2.45, 2.75) is 12.1 Å². The summed E-state index contributed by atoms with van der Waals surface area (Å²) >= 11 is 1.11. The zero-order valence-electron chi connectivity index (χ0n) is 17.3. The molecule has 0 bridgehead atoms. The van der Waals surface area contributed by atoms with Crippen molar-refractivity contribution in [1.29, 1.82) is 0 Å². The van der Waals surface area contributed by atoms with Gasteiger partial charge in [-0.3, -0.25) is 4.79 Å². The lowest BCUT2D eigenvalue weighted by Crippen LogP contribution is -2.46. The molecule has 0 aliphatic carbocycles. The first-order chi connectivity index (χ1) is 15.1. The fraction of sp³-hybridized carbons (Fsp3) is 0.318. The van der Waals surface area contributed by atoms with Crippen molar-refractivity contribution in [2.75, 3.05) is 48.7 Å². The smallest absolute Gasteiger partial charge is 0.277 e. The molecular formula is C22H24FN5O2S. The number of carbonyl (C=O) groups is 1. The second kappa shape index (κ2) is 9.93. The summed E-state index contributed by atoms with van der Waals surface area (Å²) in [5.74, 6) is -0.410. The molecule has 1 saturated heterocycles. The van der Waals surface area contributed by atoms with E-state index >= 15 is 0 Å². The Kier molecular flexibility index (Phi) is 6.83. The van der Waals surface area contributed by atoms with Gasteiger partial charge in [0.2, 0.25) is 5.91 Å². The molecule has 0 saturated carbocycles. The Balaban J connectivity index is 1.27. The molecule has 0 atom stereocenters. The number of aromatic nitrogens is 2. The Bertz CT molecular complexity index is 1020. The first kappa shape index (κ1) is 21.3. The third kappa shape index (κ3) is 5.42. The normalized spacial score (nSPS) is 14.6. The highest BCUT2D eigenvalue weighted by molar-refractivity contribution is 7.99. The monoisotopic (exact) mass is 441 g/mol. The highest BCUT2D eigenvalue weighted by Crippen LogP contribution is 2.25. The van der Waals surface area contributed by atoms with Gasteiger partial charge in [-0.05, 0) is 42.9 Å². The van der Waals surface area contributed by atoms with Crippen molar-refractivity contribution in [3.63, 3.8) is 0 Å². The second-order valence-electron chi connectivity index (χ2n) is 7.16. The van der Waals surface area contributed by atoms with Crippen LogP contribution < -0.4 is 10.2 Å². The van der Waals surface area contributed by atoms with Gasteiger partial charge < -0.3 is 19.5 Å². The van der Waals surface area contributed by atoms with Gasteiger partial charge in [-0.1, -0.05) is 30.8 Å². The third-order valence-electron chi connectivity index (χ3n) is 5.17. The molecule has 0 unspecified atom stereocenters. The molecule has 9 heteroatoms. The van der Waals surface area contributed by atoms with Crippen LogP contribution in [0.15, 0.2) is 58.2 Å². The van der Waals surface area contributed by atoms with Crippen LogP contribution in [0.2, 0.25) is 0 Å². The van der Waals surface area contributed by atoms with Crippen LogP contribution in [0.4, 0.5) is 15.8 Å². The SMILES string of the molecule is CCN1CCN(c2ccc(NC(=O)CSc3nnc(-c4ccccc4F)o3)cc2)CC1. The van der Waals surface area contributed by atoms with E-state index in [9.17, 15) is 9.18 Å². The number of thioether (sulfide) groups is 1. The highest BCUT2D eigenvalue weighted by atomic mass is 32.2. The maximum Gasteiger partial charge on any atom is 0.277 e. The maximum atomic E-state index is 13.8. The van der Waals surface area contributed by atoms with E-state index in [4.69, 9.17) is 4.42 Å². The first-order valence-corrected chi connectivity index (χ1v) is 11.2. The molecule has 31 heavy (non-hydrogen) atoms. The number of hydrogen-bond donors (Lipinski definition) is 1. The molecule has 1 N–H and O–H groups in total. The van der Waals surface area contributed by atoms with E-state index in [1.54, 1.807) is 18.2 Å². The molecule has 3 aromatic rings. The molecule has 1 aliphatic heterocycles. The maximum absolute atomic E-state index is 13.8. The van der Waals surface area contributed by atoms with Crippen molar-refractivity contribution in [3.8, 4) is 11.5 Å². The van der Waals surface area contributed by atoms with Crippen molar-refractivity contribution in [1.82, 2.24) is 15.1 Å². The number of hydrogen-bond acceptors (Lipinski definition) is 7. The third-order valence-corrected chi connectivity index (χ3v) is 5.99. The van der Waals surface area contributed by atoms with E-state index in [0.29, 0.717) is 0 Å². The number of benzene rings is 2. The van der Waals surface area contributed by atoms with E-state index in [-0.39, 0.29) is 28.3 Å². The zero-order valence-corrected chi connectivity index (χ0v) is 18.1. The molecule has 0 spiro atoms. The number of anilines is 2. The molecule has 162 valence electrons. The number of amides is 1. The summed E-state index contributed by atoms with van der Waals surface area (Å²) in [6.45, 7) is 7.43. The topological polar surface area (TPSA) is 74.5 Å². The minimum atomic E-state index is -0.434. The van der Waals surface area contributed by atoms with Gasteiger partial charge in [0.05, 0.1) is 11.3 Å². The number of nitrogens with one attached hydrogen (secondary N) is 1. The summed E-state index contributed by atoms with van der Waals surface area (Å²) < 4.78 is 19.3. The van der Waals surface area contributed by atoms with Crippen LogP contribution in [0.3, 0.4) is 0 Å². The van der Waals surface area contributed by atoms with Gasteiger partial charge in [0.15, 0.2) is 0 Å². The van der Waals surface area contributed by atoms with E-state index in [1.165, 1.54) is 6.07 Å². The Morgan fingerprint density at radius 3 is 2.55 bits per heavy atom. The van der Waals surface area contributed by atoms with E-state index in [1.807, 2.05) is 24.3 Å². The van der Waals surface area contributed by atoms with Gasteiger partial charge >= 0.3 is 0 Å². The summed E-state index contributed by atoms with van der Waals surface area (Å²) in [7, 11) is 0. The van der Waals surface area contributed by atoms with Crippen LogP contribution in [-0.4, -0.2) is 59.5 Å². The number of rotatable bonds is 7. The number of likely N-dealkylation sites (N-methyl/N-ethyl adjacent to an activating group) is 1. The molecule has 1 amide bonds. The van der Waals surface area contributed by atoms with Crippen LogP contribution in [0.25, 0.3) is 11.5 Å². The Morgan fingerprint density at radius 1 is 1.10 bits per heavy atom. The van der Waals surface area contributed by atoms with Crippen LogP contribution in [0.5, 0.6) is 0 Å². The average Bonchev–Trinajstić information content (AvgIpc) is 3.27. The van der Waals surface area contributed by atoms with Gasteiger partial charge in [0.25, 0.3) is 11.1 Å². The Hall–Kier alpha value is -2.91. The lowest BCUT2D eigenvalue weighted by molar-refractivity contribution is -0.113.